The number of amides is 2. The Labute approximate surface area is 249 Å². The van der Waals surface area contributed by atoms with Gasteiger partial charge in [0, 0.05) is 23.5 Å². The van der Waals surface area contributed by atoms with Gasteiger partial charge in [0.05, 0.1) is 11.9 Å². The Hall–Kier alpha value is -3.24. The average molecular weight is 645 g/mol. The standard InChI is InChI=1S/C31H35BrFN3O4S/c1-41(39,40)36(28-18-9-8-17-27(28)33)22-30(37)35(21-24-13-10-14-25(32)19-24)29(20-23-11-4-2-5-12-23)31(38)34-26-15-6-3-7-16-26/h2,4-5,8-14,17-19,26,29H,3,6-7,15-16,20-22H2,1H3,(H,34,38)/t29-/m0/s1. The molecular weight excluding hydrogens is 609 g/mol. The van der Waals surface area contributed by atoms with Gasteiger partial charge in [-0.15, -0.1) is 0 Å². The van der Waals surface area contributed by atoms with Crippen LogP contribution in [0.15, 0.2) is 83.3 Å². The summed E-state index contributed by atoms with van der Waals surface area (Å²) in [6, 6.07) is 21.3. The summed E-state index contributed by atoms with van der Waals surface area (Å²) in [6.07, 6.45) is 6.10. The zero-order chi connectivity index (χ0) is 29.4. The fourth-order valence-electron chi connectivity index (χ4n) is 5.18. The molecule has 3 aromatic rings. The van der Waals surface area contributed by atoms with E-state index in [2.05, 4.69) is 21.2 Å². The van der Waals surface area contributed by atoms with E-state index in [-0.39, 0.29) is 30.6 Å². The Balaban J connectivity index is 1.73. The normalized spacial score (nSPS) is 14.7. The van der Waals surface area contributed by atoms with Crippen LogP contribution in [0.1, 0.15) is 43.2 Å². The second kappa shape index (κ2) is 14.1. The van der Waals surface area contributed by atoms with Crippen molar-refractivity contribution in [3.05, 3.63) is 100 Å². The third-order valence-electron chi connectivity index (χ3n) is 7.26. The number of halogens is 2. The van der Waals surface area contributed by atoms with Gasteiger partial charge in [0.25, 0.3) is 0 Å². The number of carbonyl (C=O) groups is 2. The van der Waals surface area contributed by atoms with E-state index in [1.165, 1.54) is 23.1 Å². The van der Waals surface area contributed by atoms with Gasteiger partial charge in [-0.2, -0.15) is 0 Å². The van der Waals surface area contributed by atoms with E-state index >= 15 is 0 Å². The summed E-state index contributed by atoms with van der Waals surface area (Å²) in [5.41, 5.74) is 1.39. The van der Waals surface area contributed by atoms with Crippen molar-refractivity contribution in [2.75, 3.05) is 17.1 Å². The van der Waals surface area contributed by atoms with E-state index in [1.54, 1.807) is 0 Å². The van der Waals surface area contributed by atoms with E-state index in [9.17, 15) is 22.4 Å². The van der Waals surface area contributed by atoms with Crippen LogP contribution < -0.4 is 9.62 Å². The predicted molar refractivity (Wildman–Crippen MR) is 162 cm³/mol. The van der Waals surface area contributed by atoms with Gasteiger partial charge < -0.3 is 10.2 Å². The molecule has 10 heteroatoms. The fourth-order valence-corrected chi connectivity index (χ4v) is 6.48. The van der Waals surface area contributed by atoms with Crippen molar-refractivity contribution >= 4 is 43.5 Å². The highest BCUT2D eigenvalue weighted by Crippen LogP contribution is 2.24. The number of nitrogens with zero attached hydrogens (tertiary/aromatic N) is 2. The quantitative estimate of drug-likeness (QED) is 0.301. The molecule has 1 aliphatic carbocycles. The minimum atomic E-state index is -4.04. The number of anilines is 1. The van der Waals surface area contributed by atoms with Crippen molar-refractivity contribution in [2.24, 2.45) is 0 Å². The van der Waals surface area contributed by atoms with Crippen LogP contribution in [0.5, 0.6) is 0 Å². The Kier molecular flexibility index (Phi) is 10.6. The zero-order valence-corrected chi connectivity index (χ0v) is 25.4. The maximum Gasteiger partial charge on any atom is 0.244 e. The lowest BCUT2D eigenvalue weighted by Gasteiger charge is -2.35. The lowest BCUT2D eigenvalue weighted by molar-refractivity contribution is -0.140. The summed E-state index contributed by atoms with van der Waals surface area (Å²) < 4.78 is 41.9. The summed E-state index contributed by atoms with van der Waals surface area (Å²) >= 11 is 3.47. The van der Waals surface area contributed by atoms with Gasteiger partial charge in [-0.1, -0.05) is 89.8 Å². The summed E-state index contributed by atoms with van der Waals surface area (Å²) in [5, 5.41) is 3.16. The minimum absolute atomic E-state index is 0.0169. The number of hydrogen-bond donors (Lipinski definition) is 1. The topological polar surface area (TPSA) is 86.8 Å². The minimum Gasteiger partial charge on any atom is -0.352 e. The molecule has 218 valence electrons. The predicted octanol–water partition coefficient (Wildman–Crippen LogP) is 5.44. The first-order valence-electron chi connectivity index (χ1n) is 13.7. The van der Waals surface area contributed by atoms with Crippen molar-refractivity contribution in [1.29, 1.82) is 0 Å². The number of para-hydroxylation sites is 1. The summed E-state index contributed by atoms with van der Waals surface area (Å²) in [6.45, 7) is -0.599. The second-order valence-electron chi connectivity index (χ2n) is 10.4. The summed E-state index contributed by atoms with van der Waals surface area (Å²) in [5.74, 6) is -1.67. The molecule has 0 aromatic heterocycles. The van der Waals surface area contributed by atoms with Crippen molar-refractivity contribution < 1.29 is 22.4 Å². The monoisotopic (exact) mass is 643 g/mol. The van der Waals surface area contributed by atoms with Crippen LogP contribution >= 0.6 is 15.9 Å². The average Bonchev–Trinajstić information content (AvgIpc) is 2.94. The van der Waals surface area contributed by atoms with Gasteiger partial charge in [0.15, 0.2) is 0 Å². The van der Waals surface area contributed by atoms with Crippen molar-refractivity contribution in [3.63, 3.8) is 0 Å². The van der Waals surface area contributed by atoms with Gasteiger partial charge in [0.1, 0.15) is 18.4 Å². The molecule has 4 rings (SSSR count). The molecule has 7 nitrogen and oxygen atoms in total. The third-order valence-corrected chi connectivity index (χ3v) is 8.88. The highest BCUT2D eigenvalue weighted by molar-refractivity contribution is 9.10. The van der Waals surface area contributed by atoms with E-state index in [4.69, 9.17) is 0 Å². The van der Waals surface area contributed by atoms with Gasteiger partial charge >= 0.3 is 0 Å². The van der Waals surface area contributed by atoms with Crippen molar-refractivity contribution in [2.45, 2.75) is 57.2 Å². The van der Waals surface area contributed by atoms with Crippen LogP contribution in [0.2, 0.25) is 0 Å². The maximum absolute atomic E-state index is 14.7. The maximum atomic E-state index is 14.7. The first-order valence-corrected chi connectivity index (χ1v) is 16.4. The van der Waals surface area contributed by atoms with E-state index < -0.39 is 34.3 Å². The molecule has 0 saturated heterocycles. The molecule has 0 radical (unpaired) electrons. The smallest absolute Gasteiger partial charge is 0.244 e. The van der Waals surface area contributed by atoms with Crippen LogP contribution in [-0.4, -0.2) is 50.0 Å². The molecule has 0 unspecified atom stereocenters. The van der Waals surface area contributed by atoms with E-state index in [1.807, 2.05) is 54.6 Å². The SMILES string of the molecule is CS(=O)(=O)N(CC(=O)N(Cc1cccc(Br)c1)[C@@H](Cc1ccccc1)C(=O)NC1CCCCC1)c1ccccc1F. The Morgan fingerprint density at radius 1 is 0.951 bits per heavy atom. The molecule has 0 heterocycles. The van der Waals surface area contributed by atoms with Crippen LogP contribution in [0.25, 0.3) is 0 Å². The molecule has 2 amide bonds. The highest BCUT2D eigenvalue weighted by atomic mass is 79.9. The Morgan fingerprint density at radius 2 is 1.61 bits per heavy atom. The number of nitrogens with one attached hydrogen (secondary N) is 1. The number of benzene rings is 3. The number of rotatable bonds is 11. The van der Waals surface area contributed by atoms with Crippen molar-refractivity contribution in [1.82, 2.24) is 10.2 Å². The molecule has 1 N–H and O–H groups in total. The van der Waals surface area contributed by atoms with Gasteiger partial charge in [-0.3, -0.25) is 13.9 Å². The molecule has 41 heavy (non-hydrogen) atoms. The van der Waals surface area contributed by atoms with Crippen LogP contribution in [-0.2, 0) is 32.6 Å². The molecule has 1 atom stereocenters. The number of carbonyl (C=O) groups excluding carboxylic acids is 2. The Bertz CT molecular complexity index is 1450. The van der Waals surface area contributed by atoms with Gasteiger partial charge in [-0.25, -0.2) is 12.8 Å². The molecule has 1 fully saturated rings. The molecule has 1 saturated carbocycles. The first-order chi connectivity index (χ1) is 19.6. The lowest BCUT2D eigenvalue weighted by atomic mass is 9.94. The largest absolute Gasteiger partial charge is 0.352 e. The first kappa shape index (κ1) is 30.7. The van der Waals surface area contributed by atoms with Gasteiger partial charge in [0.2, 0.25) is 21.8 Å². The second-order valence-corrected chi connectivity index (χ2v) is 13.2. The molecular formula is C31H35BrFN3O4S. The zero-order valence-electron chi connectivity index (χ0n) is 23.0. The van der Waals surface area contributed by atoms with Crippen LogP contribution in [0.4, 0.5) is 10.1 Å². The highest BCUT2D eigenvalue weighted by Gasteiger charge is 2.34. The molecule has 0 aliphatic heterocycles. The van der Waals surface area contributed by atoms with Gasteiger partial charge in [-0.05, 0) is 48.2 Å². The van der Waals surface area contributed by atoms with E-state index in [0.717, 1.165) is 64.3 Å². The molecule has 1 aliphatic rings. The van der Waals surface area contributed by atoms with Crippen LogP contribution in [0, 0.1) is 5.82 Å². The Morgan fingerprint density at radius 3 is 2.27 bits per heavy atom. The third kappa shape index (κ3) is 8.63. The summed E-state index contributed by atoms with van der Waals surface area (Å²) in [7, 11) is -4.04. The number of hydrogen-bond acceptors (Lipinski definition) is 4. The fraction of sp³-hybridized carbons (Fsp3) is 0.355. The van der Waals surface area contributed by atoms with Crippen LogP contribution in [0.3, 0.4) is 0 Å². The van der Waals surface area contributed by atoms with E-state index in [0.29, 0.717) is 0 Å². The molecule has 0 spiro atoms. The number of sulfonamides is 1. The summed E-state index contributed by atoms with van der Waals surface area (Å²) in [4.78, 5) is 29.5. The molecule has 3 aromatic carbocycles. The molecule has 0 bridgehead atoms. The van der Waals surface area contributed by atoms with Crippen molar-refractivity contribution in [3.8, 4) is 0 Å². The lowest BCUT2D eigenvalue weighted by Crippen LogP contribution is -2.55.